The number of amides is 1. The zero-order valence-electron chi connectivity index (χ0n) is 15.2. The first kappa shape index (κ1) is 20.8. The van der Waals surface area contributed by atoms with Gasteiger partial charge in [0.25, 0.3) is 11.6 Å². The maximum atomic E-state index is 12.1. The molecule has 0 aliphatic rings. The number of nitro groups is 1. The number of nitrogens with one attached hydrogen (secondary N) is 1. The number of non-ortho nitro benzene ring substituents is 1. The molecule has 1 aromatic heterocycles. The summed E-state index contributed by atoms with van der Waals surface area (Å²) in [5, 5.41) is 14.5. The van der Waals surface area contributed by atoms with Crippen LogP contribution in [0.5, 0.6) is 5.75 Å². The van der Waals surface area contributed by atoms with Crippen LogP contribution >= 0.6 is 15.9 Å². The van der Waals surface area contributed by atoms with Crippen molar-refractivity contribution in [2.24, 2.45) is 5.10 Å². The van der Waals surface area contributed by atoms with Crippen LogP contribution in [0.3, 0.4) is 0 Å². The van der Waals surface area contributed by atoms with Gasteiger partial charge in [0.1, 0.15) is 5.75 Å². The summed E-state index contributed by atoms with van der Waals surface area (Å²) in [7, 11) is 0. The Morgan fingerprint density at radius 2 is 1.77 bits per heavy atom. The Balaban J connectivity index is 1.56. The first-order valence-electron chi connectivity index (χ1n) is 8.43. The monoisotopic (exact) mass is 468 g/mol. The first-order chi connectivity index (χ1) is 14.4. The molecule has 0 radical (unpaired) electrons. The molecule has 1 heterocycles. The molecular formula is C20H13BrN4O5. The highest BCUT2D eigenvalue weighted by Crippen LogP contribution is 2.16. The van der Waals surface area contributed by atoms with Crippen molar-refractivity contribution in [3.05, 3.63) is 98.3 Å². The molecule has 0 aliphatic carbocycles. The average Bonchev–Trinajstić information content (AvgIpc) is 2.75. The van der Waals surface area contributed by atoms with Crippen molar-refractivity contribution < 1.29 is 19.2 Å². The standard InChI is InChI=1S/C20H13BrN4O5/c21-16-9-15(11-22-12-16)19(26)24-23-10-13-1-7-18(8-2-13)30-20(27)14-3-5-17(6-4-14)25(28)29/h1-12H,(H,24,26)/b23-10-. The van der Waals surface area contributed by atoms with Crippen LogP contribution < -0.4 is 10.2 Å². The van der Waals surface area contributed by atoms with Crippen LogP contribution in [0.25, 0.3) is 0 Å². The van der Waals surface area contributed by atoms with E-state index in [0.717, 1.165) is 0 Å². The number of nitro benzene ring substituents is 1. The van der Waals surface area contributed by atoms with E-state index in [1.807, 2.05) is 0 Å². The third-order valence-corrected chi connectivity index (χ3v) is 4.18. The number of ether oxygens (including phenoxy) is 1. The Bertz CT molecular complexity index is 1110. The summed E-state index contributed by atoms with van der Waals surface area (Å²) >= 11 is 3.24. The van der Waals surface area contributed by atoms with Crippen molar-refractivity contribution in [1.29, 1.82) is 0 Å². The zero-order chi connectivity index (χ0) is 21.5. The Morgan fingerprint density at radius 3 is 2.40 bits per heavy atom. The number of esters is 1. The van der Waals surface area contributed by atoms with E-state index in [1.54, 1.807) is 36.5 Å². The van der Waals surface area contributed by atoms with Crippen molar-refractivity contribution in [2.45, 2.75) is 0 Å². The van der Waals surface area contributed by atoms with Crippen LogP contribution in [-0.2, 0) is 0 Å². The van der Waals surface area contributed by atoms with Gasteiger partial charge in [0.2, 0.25) is 0 Å². The topological polar surface area (TPSA) is 124 Å². The van der Waals surface area contributed by atoms with Gasteiger partial charge in [0, 0.05) is 29.0 Å². The molecule has 3 aromatic rings. The highest BCUT2D eigenvalue weighted by molar-refractivity contribution is 9.10. The number of hydrogen-bond acceptors (Lipinski definition) is 7. The smallest absolute Gasteiger partial charge is 0.343 e. The van der Waals surface area contributed by atoms with Gasteiger partial charge in [-0.2, -0.15) is 5.10 Å². The fourth-order valence-corrected chi connectivity index (χ4v) is 2.64. The second-order valence-corrected chi connectivity index (χ2v) is 6.77. The first-order valence-corrected chi connectivity index (χ1v) is 9.22. The lowest BCUT2D eigenvalue weighted by Crippen LogP contribution is -2.17. The number of benzene rings is 2. The van der Waals surface area contributed by atoms with E-state index in [2.05, 4.69) is 31.4 Å². The van der Waals surface area contributed by atoms with E-state index >= 15 is 0 Å². The van der Waals surface area contributed by atoms with Crippen molar-refractivity contribution >= 4 is 39.7 Å². The lowest BCUT2D eigenvalue weighted by molar-refractivity contribution is -0.384. The number of carbonyl (C=O) groups is 2. The molecule has 0 unspecified atom stereocenters. The quantitative estimate of drug-likeness (QED) is 0.193. The molecule has 3 rings (SSSR count). The molecule has 10 heteroatoms. The molecular weight excluding hydrogens is 456 g/mol. The second-order valence-electron chi connectivity index (χ2n) is 5.85. The molecule has 0 saturated heterocycles. The van der Waals surface area contributed by atoms with Gasteiger partial charge in [0.05, 0.1) is 22.3 Å². The average molecular weight is 469 g/mol. The third kappa shape index (κ3) is 5.55. The van der Waals surface area contributed by atoms with Crippen LogP contribution in [-0.4, -0.2) is 28.0 Å². The molecule has 9 nitrogen and oxygen atoms in total. The normalized spacial score (nSPS) is 10.6. The summed E-state index contributed by atoms with van der Waals surface area (Å²) in [6.45, 7) is 0. The highest BCUT2D eigenvalue weighted by atomic mass is 79.9. The molecule has 0 atom stereocenters. The van der Waals surface area contributed by atoms with Crippen molar-refractivity contribution in [1.82, 2.24) is 10.4 Å². The van der Waals surface area contributed by atoms with Crippen LogP contribution in [0.15, 0.2) is 76.6 Å². The minimum atomic E-state index is -0.638. The summed E-state index contributed by atoms with van der Waals surface area (Å²) in [6, 6.07) is 13.1. The van der Waals surface area contributed by atoms with Crippen LogP contribution in [0.1, 0.15) is 26.3 Å². The van der Waals surface area contributed by atoms with Gasteiger partial charge < -0.3 is 4.74 Å². The number of halogens is 1. The van der Waals surface area contributed by atoms with Gasteiger partial charge in [-0.3, -0.25) is 19.9 Å². The summed E-state index contributed by atoms with van der Waals surface area (Å²) < 4.78 is 5.91. The Labute approximate surface area is 178 Å². The van der Waals surface area contributed by atoms with Gasteiger partial charge in [-0.15, -0.1) is 0 Å². The minimum Gasteiger partial charge on any atom is -0.423 e. The van der Waals surface area contributed by atoms with E-state index in [-0.39, 0.29) is 11.3 Å². The summed E-state index contributed by atoms with van der Waals surface area (Å²) in [6.07, 6.45) is 4.42. The van der Waals surface area contributed by atoms with Crippen LogP contribution in [0.4, 0.5) is 5.69 Å². The van der Waals surface area contributed by atoms with Crippen LogP contribution in [0, 0.1) is 10.1 Å². The molecule has 0 saturated carbocycles. The molecule has 2 aromatic carbocycles. The van der Waals surface area contributed by atoms with E-state index in [0.29, 0.717) is 21.3 Å². The lowest BCUT2D eigenvalue weighted by Gasteiger charge is -2.04. The highest BCUT2D eigenvalue weighted by Gasteiger charge is 2.11. The van der Waals surface area contributed by atoms with Crippen LogP contribution in [0.2, 0.25) is 0 Å². The number of rotatable bonds is 6. The molecule has 1 amide bonds. The van der Waals surface area contributed by atoms with E-state index in [1.165, 1.54) is 36.7 Å². The SMILES string of the molecule is O=C(N/N=C\c1ccc(OC(=O)c2ccc([N+](=O)[O-])cc2)cc1)c1cncc(Br)c1. The van der Waals surface area contributed by atoms with Gasteiger partial charge in [-0.05, 0) is 64.0 Å². The number of aromatic nitrogens is 1. The number of hydrogen-bond donors (Lipinski definition) is 1. The van der Waals surface area contributed by atoms with Crippen molar-refractivity contribution in [3.63, 3.8) is 0 Å². The van der Waals surface area contributed by atoms with Gasteiger partial charge in [-0.1, -0.05) is 0 Å². The summed E-state index contributed by atoms with van der Waals surface area (Å²) in [5.74, 6) is -0.755. The molecule has 30 heavy (non-hydrogen) atoms. The van der Waals surface area contributed by atoms with Gasteiger partial charge in [0.15, 0.2) is 0 Å². The Kier molecular flexibility index (Phi) is 6.60. The largest absolute Gasteiger partial charge is 0.423 e. The fourth-order valence-electron chi connectivity index (χ4n) is 2.27. The maximum absolute atomic E-state index is 12.1. The Hall–Kier alpha value is -3.92. The summed E-state index contributed by atoms with van der Waals surface area (Å²) in [5.41, 5.74) is 3.49. The lowest BCUT2D eigenvalue weighted by atomic mass is 10.2. The van der Waals surface area contributed by atoms with E-state index < -0.39 is 16.8 Å². The molecule has 0 spiro atoms. The molecule has 0 fully saturated rings. The number of nitrogens with zero attached hydrogens (tertiary/aromatic N) is 3. The molecule has 150 valence electrons. The number of carbonyl (C=O) groups excluding carboxylic acids is 2. The molecule has 0 bridgehead atoms. The van der Waals surface area contributed by atoms with Gasteiger partial charge in [-0.25, -0.2) is 10.2 Å². The second kappa shape index (κ2) is 9.52. The fraction of sp³-hybridized carbons (Fsp3) is 0. The van der Waals surface area contributed by atoms with E-state index in [9.17, 15) is 19.7 Å². The number of hydrazone groups is 1. The molecule has 0 aliphatic heterocycles. The maximum Gasteiger partial charge on any atom is 0.343 e. The molecule has 1 N–H and O–H groups in total. The third-order valence-electron chi connectivity index (χ3n) is 3.75. The summed E-state index contributed by atoms with van der Waals surface area (Å²) in [4.78, 5) is 38.1. The Morgan fingerprint density at radius 1 is 1.07 bits per heavy atom. The number of pyridine rings is 1. The minimum absolute atomic E-state index is 0.113. The predicted octanol–water partition coefficient (Wildman–Crippen LogP) is 3.74. The van der Waals surface area contributed by atoms with Gasteiger partial charge >= 0.3 is 5.97 Å². The van der Waals surface area contributed by atoms with Crippen molar-refractivity contribution in [3.8, 4) is 5.75 Å². The van der Waals surface area contributed by atoms with Crippen molar-refractivity contribution in [2.75, 3.05) is 0 Å². The predicted molar refractivity (Wildman–Crippen MR) is 111 cm³/mol. The van der Waals surface area contributed by atoms with E-state index in [4.69, 9.17) is 4.74 Å². The zero-order valence-corrected chi connectivity index (χ0v) is 16.8.